The number of anilines is 1. The number of carbonyl (C=O) groups is 1. The van der Waals surface area contributed by atoms with Crippen LogP contribution < -0.4 is 5.32 Å². The summed E-state index contributed by atoms with van der Waals surface area (Å²) in [5.41, 5.74) is 1.45. The number of alkyl halides is 1. The molecule has 1 aromatic carbocycles. The number of benzene rings is 1. The zero-order valence-electron chi connectivity index (χ0n) is 14.9. The predicted octanol–water partition coefficient (Wildman–Crippen LogP) is 5.02. The van der Waals surface area contributed by atoms with Crippen LogP contribution in [-0.4, -0.2) is 26.6 Å². The van der Waals surface area contributed by atoms with Crippen LogP contribution >= 0.6 is 46.1 Å². The third kappa shape index (κ3) is 5.81. The first-order valence-electron chi connectivity index (χ1n) is 8.38. The van der Waals surface area contributed by atoms with Gasteiger partial charge in [0.25, 0.3) is 5.91 Å². The molecule has 0 saturated heterocycles. The number of aryl methyl sites for hydroxylation is 1. The third-order valence-corrected chi connectivity index (χ3v) is 5.47. The summed E-state index contributed by atoms with van der Waals surface area (Å²) in [7, 11) is 0. The van der Waals surface area contributed by atoms with Crippen molar-refractivity contribution in [2.24, 2.45) is 0 Å². The Balaban J connectivity index is 1.69. The van der Waals surface area contributed by atoms with Crippen LogP contribution in [-0.2, 0) is 17.8 Å². The highest BCUT2D eigenvalue weighted by Crippen LogP contribution is 2.27. The van der Waals surface area contributed by atoms with Crippen LogP contribution in [0.2, 0.25) is 10.0 Å². The highest BCUT2D eigenvalue weighted by molar-refractivity contribution is 7.15. The lowest BCUT2D eigenvalue weighted by Gasteiger charge is -2.02. The van der Waals surface area contributed by atoms with Gasteiger partial charge in [-0.05, 0) is 29.8 Å². The molecule has 0 aliphatic rings. The first-order chi connectivity index (χ1) is 14.0. The number of nitriles is 1. The van der Waals surface area contributed by atoms with Crippen LogP contribution in [0.3, 0.4) is 0 Å². The molecule has 0 bridgehead atoms. The molecule has 0 aliphatic carbocycles. The van der Waals surface area contributed by atoms with Gasteiger partial charge in [-0.3, -0.25) is 14.8 Å². The van der Waals surface area contributed by atoms with E-state index in [0.717, 1.165) is 10.4 Å². The average molecular weight is 467 g/mol. The first-order valence-corrected chi connectivity index (χ1v) is 10.5. The number of hydrogen-bond donors (Lipinski definition) is 1. The molecular formula is C19H14Cl3N5OS. The summed E-state index contributed by atoms with van der Waals surface area (Å²) < 4.78 is 1.64. The Morgan fingerprint density at radius 2 is 2.17 bits per heavy atom. The van der Waals surface area contributed by atoms with E-state index in [1.807, 2.05) is 6.07 Å². The Morgan fingerprint density at radius 3 is 2.93 bits per heavy atom. The van der Waals surface area contributed by atoms with Crippen LogP contribution in [0.25, 0.3) is 6.08 Å². The first kappa shape index (κ1) is 21.3. The molecule has 0 aliphatic heterocycles. The molecule has 29 heavy (non-hydrogen) atoms. The molecule has 0 unspecified atom stereocenters. The molecule has 3 aromatic rings. The number of nitrogens with one attached hydrogen (secondary N) is 1. The molecule has 2 aromatic heterocycles. The maximum Gasteiger partial charge on any atom is 0.268 e. The summed E-state index contributed by atoms with van der Waals surface area (Å²) in [5.74, 6) is -0.122. The highest BCUT2D eigenvalue weighted by atomic mass is 35.5. The molecule has 6 nitrogen and oxygen atoms in total. The number of carbonyl (C=O) groups excluding carboxylic acids is 1. The van der Waals surface area contributed by atoms with Gasteiger partial charge in [-0.15, -0.1) is 22.9 Å². The van der Waals surface area contributed by atoms with Gasteiger partial charge in [0.1, 0.15) is 11.6 Å². The molecule has 0 radical (unpaired) electrons. The zero-order valence-corrected chi connectivity index (χ0v) is 18.0. The molecule has 0 atom stereocenters. The van der Waals surface area contributed by atoms with Crippen LogP contribution in [0.5, 0.6) is 0 Å². The van der Waals surface area contributed by atoms with E-state index in [1.165, 1.54) is 17.4 Å². The minimum Gasteiger partial charge on any atom is -0.297 e. The lowest BCUT2D eigenvalue weighted by atomic mass is 10.1. The van der Waals surface area contributed by atoms with E-state index in [9.17, 15) is 10.1 Å². The van der Waals surface area contributed by atoms with Crippen molar-refractivity contribution in [2.75, 3.05) is 11.2 Å². The topological polar surface area (TPSA) is 83.6 Å². The van der Waals surface area contributed by atoms with Crippen molar-refractivity contribution in [3.8, 4) is 6.07 Å². The number of nitrogens with zero attached hydrogens (tertiary/aromatic N) is 4. The molecular weight excluding hydrogens is 453 g/mol. The lowest BCUT2D eigenvalue weighted by molar-refractivity contribution is -0.112. The fraction of sp³-hybridized carbons (Fsp3) is 0.158. The van der Waals surface area contributed by atoms with Gasteiger partial charge in [0.05, 0.1) is 12.7 Å². The van der Waals surface area contributed by atoms with Crippen LogP contribution in [0.4, 0.5) is 5.13 Å². The number of thiazole rings is 1. The summed E-state index contributed by atoms with van der Waals surface area (Å²) in [4.78, 5) is 17.5. The third-order valence-electron chi connectivity index (χ3n) is 3.79. The van der Waals surface area contributed by atoms with Gasteiger partial charge in [0.15, 0.2) is 5.13 Å². The predicted molar refractivity (Wildman–Crippen MR) is 117 cm³/mol. The quantitative estimate of drug-likeness (QED) is 0.301. The smallest absolute Gasteiger partial charge is 0.268 e. The van der Waals surface area contributed by atoms with E-state index in [-0.39, 0.29) is 5.57 Å². The van der Waals surface area contributed by atoms with Gasteiger partial charge in [-0.25, -0.2) is 4.98 Å². The Hall–Kier alpha value is -2.37. The summed E-state index contributed by atoms with van der Waals surface area (Å²) in [6.07, 6.45) is 6.93. The number of hydrogen-bond acceptors (Lipinski definition) is 5. The van der Waals surface area contributed by atoms with Crippen LogP contribution in [0.1, 0.15) is 16.0 Å². The average Bonchev–Trinajstić information content (AvgIpc) is 3.32. The molecule has 3 rings (SSSR count). The van der Waals surface area contributed by atoms with E-state index in [0.29, 0.717) is 39.6 Å². The molecule has 1 N–H and O–H groups in total. The van der Waals surface area contributed by atoms with E-state index in [4.69, 9.17) is 34.8 Å². The van der Waals surface area contributed by atoms with Gasteiger partial charge in [0, 0.05) is 45.2 Å². The van der Waals surface area contributed by atoms with Crippen molar-refractivity contribution in [2.45, 2.75) is 13.0 Å². The fourth-order valence-corrected chi connectivity index (χ4v) is 3.84. The lowest BCUT2D eigenvalue weighted by Crippen LogP contribution is -2.13. The minimum atomic E-state index is -0.542. The molecule has 10 heteroatoms. The molecule has 0 saturated carbocycles. The second-order valence-electron chi connectivity index (χ2n) is 5.89. The van der Waals surface area contributed by atoms with E-state index in [1.54, 1.807) is 41.5 Å². The van der Waals surface area contributed by atoms with Crippen molar-refractivity contribution >= 4 is 63.3 Å². The monoisotopic (exact) mass is 465 g/mol. The van der Waals surface area contributed by atoms with Gasteiger partial charge in [-0.1, -0.05) is 23.2 Å². The second kappa shape index (κ2) is 9.90. The number of rotatable bonds is 7. The Bertz CT molecular complexity index is 1100. The summed E-state index contributed by atoms with van der Waals surface area (Å²) >= 11 is 19.2. The SMILES string of the molecule is N#C/C(=C/c1cnn(CCCl)c1)C(=O)Nc1ncc(Cc2cc(Cl)ccc2Cl)s1. The zero-order chi connectivity index (χ0) is 20.8. The normalized spacial score (nSPS) is 11.3. The van der Waals surface area contributed by atoms with Gasteiger partial charge >= 0.3 is 0 Å². The van der Waals surface area contributed by atoms with E-state index >= 15 is 0 Å². The van der Waals surface area contributed by atoms with Crippen LogP contribution in [0, 0.1) is 11.3 Å². The standard InChI is InChI=1S/C19H14Cl3N5OS/c20-3-4-27-11-12(9-25-27)5-14(8-23)18(28)26-19-24-10-16(29-19)7-13-6-15(21)1-2-17(13)22/h1-2,5-6,9-11H,3-4,7H2,(H,24,26,28)/b14-5-. The van der Waals surface area contributed by atoms with Gasteiger partial charge in [0.2, 0.25) is 0 Å². The summed E-state index contributed by atoms with van der Waals surface area (Å²) in [6, 6.07) is 7.16. The molecule has 1 amide bonds. The highest BCUT2D eigenvalue weighted by Gasteiger charge is 2.13. The number of aromatic nitrogens is 3. The van der Waals surface area contributed by atoms with Gasteiger partial charge in [-0.2, -0.15) is 10.4 Å². The van der Waals surface area contributed by atoms with Crippen molar-refractivity contribution in [1.82, 2.24) is 14.8 Å². The molecule has 0 fully saturated rings. The number of halogens is 3. The van der Waals surface area contributed by atoms with Crippen molar-refractivity contribution < 1.29 is 4.79 Å². The fourth-order valence-electron chi connectivity index (χ4n) is 2.46. The maximum atomic E-state index is 12.4. The molecule has 148 valence electrons. The second-order valence-corrected chi connectivity index (χ2v) is 8.23. The largest absolute Gasteiger partial charge is 0.297 e. The number of amides is 1. The maximum absolute atomic E-state index is 12.4. The minimum absolute atomic E-state index is 0.0509. The summed E-state index contributed by atoms with van der Waals surface area (Å²) in [5, 5.41) is 17.7. The van der Waals surface area contributed by atoms with E-state index < -0.39 is 5.91 Å². The molecule has 0 spiro atoms. The van der Waals surface area contributed by atoms with Gasteiger partial charge < -0.3 is 0 Å². The molecule has 2 heterocycles. The van der Waals surface area contributed by atoms with Crippen molar-refractivity contribution in [1.29, 1.82) is 5.26 Å². The summed E-state index contributed by atoms with van der Waals surface area (Å²) in [6.45, 7) is 0.544. The Morgan fingerprint density at radius 1 is 1.34 bits per heavy atom. The van der Waals surface area contributed by atoms with Crippen LogP contribution in [0.15, 0.2) is 42.4 Å². The van der Waals surface area contributed by atoms with Crippen molar-refractivity contribution in [3.05, 3.63) is 68.4 Å². The Kier molecular flexibility index (Phi) is 7.29. The van der Waals surface area contributed by atoms with E-state index in [2.05, 4.69) is 15.4 Å². The Labute approximate surface area is 186 Å². The van der Waals surface area contributed by atoms with Crippen molar-refractivity contribution in [3.63, 3.8) is 0 Å².